The number of nitrogens with zero attached hydrogens (tertiary/aromatic N) is 1. The van der Waals surface area contributed by atoms with Crippen molar-refractivity contribution in [2.24, 2.45) is 7.05 Å². The highest BCUT2D eigenvalue weighted by Gasteiger charge is 2.09. The van der Waals surface area contributed by atoms with Crippen LogP contribution in [-0.2, 0) is 11.8 Å². The molecule has 1 atom stereocenters. The van der Waals surface area contributed by atoms with Crippen LogP contribution in [-0.4, -0.2) is 23.8 Å². The fourth-order valence-corrected chi connectivity index (χ4v) is 2.50. The van der Waals surface area contributed by atoms with Gasteiger partial charge in [-0.15, -0.1) is 0 Å². The highest BCUT2D eigenvalue weighted by Crippen LogP contribution is 2.27. The van der Waals surface area contributed by atoms with Gasteiger partial charge in [-0.2, -0.15) is 0 Å². The Morgan fingerprint density at radius 1 is 1.30 bits per heavy atom. The predicted molar refractivity (Wildman–Crippen MR) is 95.8 cm³/mol. The lowest BCUT2D eigenvalue weighted by molar-refractivity contribution is 0.141. The largest absolute Gasteiger partial charge is 0.397 e. The number of nitrogen functional groups attached to an aromatic ring is 1. The molecule has 0 aliphatic rings. The standard InChI is InChI=1S/C18H25N3O2/c1-5-23-11-13(3)20-17-9-14(6-7-16(17)19)15-8-12(2)18(22)21(4)10-15/h6-10,13,20H,5,11,19H2,1-4H3. The van der Waals surface area contributed by atoms with E-state index in [-0.39, 0.29) is 11.6 Å². The molecule has 23 heavy (non-hydrogen) atoms. The van der Waals surface area contributed by atoms with Crippen LogP contribution in [0.3, 0.4) is 0 Å². The molecule has 2 rings (SSSR count). The molecule has 1 aromatic heterocycles. The van der Waals surface area contributed by atoms with Gasteiger partial charge in [0, 0.05) is 31.5 Å². The molecule has 0 amide bonds. The minimum Gasteiger partial charge on any atom is -0.397 e. The highest BCUT2D eigenvalue weighted by molar-refractivity contribution is 5.76. The number of anilines is 2. The van der Waals surface area contributed by atoms with Crippen molar-refractivity contribution in [3.05, 3.63) is 46.4 Å². The molecule has 0 fully saturated rings. The molecule has 0 spiro atoms. The van der Waals surface area contributed by atoms with Crippen LogP contribution in [0.15, 0.2) is 35.3 Å². The Morgan fingerprint density at radius 2 is 2.04 bits per heavy atom. The number of hydrogen-bond donors (Lipinski definition) is 2. The van der Waals surface area contributed by atoms with Crippen molar-refractivity contribution in [3.63, 3.8) is 0 Å². The van der Waals surface area contributed by atoms with Gasteiger partial charge in [0.15, 0.2) is 0 Å². The van der Waals surface area contributed by atoms with Crippen LogP contribution in [0, 0.1) is 6.92 Å². The van der Waals surface area contributed by atoms with E-state index in [4.69, 9.17) is 10.5 Å². The van der Waals surface area contributed by atoms with Gasteiger partial charge >= 0.3 is 0 Å². The van der Waals surface area contributed by atoms with Gasteiger partial charge in [0.05, 0.1) is 18.0 Å². The second-order valence-corrected chi connectivity index (χ2v) is 5.83. The maximum absolute atomic E-state index is 11.8. The lowest BCUT2D eigenvalue weighted by Crippen LogP contribution is -2.22. The zero-order valence-corrected chi connectivity index (χ0v) is 14.2. The Hall–Kier alpha value is -2.27. The second kappa shape index (κ2) is 7.33. The minimum absolute atomic E-state index is 0.0212. The zero-order chi connectivity index (χ0) is 17.0. The molecule has 5 heteroatoms. The van der Waals surface area contributed by atoms with Crippen molar-refractivity contribution < 1.29 is 4.74 Å². The fourth-order valence-electron chi connectivity index (χ4n) is 2.50. The molecule has 0 saturated carbocycles. The van der Waals surface area contributed by atoms with Crippen molar-refractivity contribution >= 4 is 11.4 Å². The summed E-state index contributed by atoms with van der Waals surface area (Å²) in [7, 11) is 1.76. The van der Waals surface area contributed by atoms with Crippen molar-refractivity contribution in [2.45, 2.75) is 26.8 Å². The Balaban J connectivity index is 2.31. The highest BCUT2D eigenvalue weighted by atomic mass is 16.5. The predicted octanol–water partition coefficient (Wildman–Crippen LogP) is 2.78. The first-order valence-corrected chi connectivity index (χ1v) is 7.83. The maximum Gasteiger partial charge on any atom is 0.253 e. The van der Waals surface area contributed by atoms with E-state index in [1.807, 2.05) is 44.3 Å². The Kier molecular flexibility index (Phi) is 5.45. The molecule has 0 radical (unpaired) electrons. The number of aromatic nitrogens is 1. The molecule has 5 nitrogen and oxygen atoms in total. The number of ether oxygens (including phenoxy) is 1. The van der Waals surface area contributed by atoms with E-state index in [9.17, 15) is 4.79 Å². The summed E-state index contributed by atoms with van der Waals surface area (Å²) < 4.78 is 7.03. The van der Waals surface area contributed by atoms with E-state index < -0.39 is 0 Å². The summed E-state index contributed by atoms with van der Waals surface area (Å²) in [5, 5.41) is 3.38. The van der Waals surface area contributed by atoms with Crippen LogP contribution in [0.25, 0.3) is 11.1 Å². The molecule has 0 aliphatic carbocycles. The number of rotatable bonds is 6. The Morgan fingerprint density at radius 3 is 2.70 bits per heavy atom. The van der Waals surface area contributed by atoms with Gasteiger partial charge in [-0.05, 0) is 50.1 Å². The summed E-state index contributed by atoms with van der Waals surface area (Å²) in [6.45, 7) is 7.17. The van der Waals surface area contributed by atoms with Crippen LogP contribution in [0.5, 0.6) is 0 Å². The van der Waals surface area contributed by atoms with Crippen molar-refractivity contribution in [1.29, 1.82) is 0 Å². The lowest BCUT2D eigenvalue weighted by Gasteiger charge is -2.18. The van der Waals surface area contributed by atoms with Gasteiger partial charge in [0.1, 0.15) is 0 Å². The van der Waals surface area contributed by atoms with Gasteiger partial charge in [-0.25, -0.2) is 0 Å². The molecule has 0 saturated heterocycles. The average molecular weight is 315 g/mol. The normalized spacial score (nSPS) is 12.2. The van der Waals surface area contributed by atoms with Gasteiger partial charge in [-0.3, -0.25) is 4.79 Å². The third kappa shape index (κ3) is 4.13. The molecular weight excluding hydrogens is 290 g/mol. The minimum atomic E-state index is 0.0212. The van der Waals surface area contributed by atoms with E-state index >= 15 is 0 Å². The molecule has 1 heterocycles. The molecule has 124 valence electrons. The summed E-state index contributed by atoms with van der Waals surface area (Å²) in [5.74, 6) is 0. The van der Waals surface area contributed by atoms with Crippen LogP contribution in [0.1, 0.15) is 19.4 Å². The summed E-state index contributed by atoms with van der Waals surface area (Å²) in [4.78, 5) is 11.8. The van der Waals surface area contributed by atoms with Gasteiger partial charge in [0.2, 0.25) is 0 Å². The third-order valence-electron chi connectivity index (χ3n) is 3.72. The van der Waals surface area contributed by atoms with E-state index in [0.717, 1.165) is 22.4 Å². The summed E-state index contributed by atoms with van der Waals surface area (Å²) in [5.41, 5.74) is 10.4. The fraction of sp³-hybridized carbons (Fsp3) is 0.389. The van der Waals surface area contributed by atoms with Crippen LogP contribution < -0.4 is 16.6 Å². The summed E-state index contributed by atoms with van der Waals surface area (Å²) >= 11 is 0. The van der Waals surface area contributed by atoms with Gasteiger partial charge in [0.25, 0.3) is 5.56 Å². The first-order valence-electron chi connectivity index (χ1n) is 7.83. The number of nitrogens with one attached hydrogen (secondary N) is 1. The molecule has 3 N–H and O–H groups in total. The van der Waals surface area contributed by atoms with Gasteiger partial charge < -0.3 is 20.4 Å². The number of hydrogen-bond acceptors (Lipinski definition) is 4. The Bertz CT molecular complexity index is 711. The number of pyridine rings is 1. The van der Waals surface area contributed by atoms with Gasteiger partial charge in [-0.1, -0.05) is 6.07 Å². The SMILES string of the molecule is CCOCC(C)Nc1cc(-c2cc(C)c(=O)n(C)c2)ccc1N. The molecule has 1 unspecified atom stereocenters. The molecular formula is C18H25N3O2. The molecule has 1 aromatic carbocycles. The van der Waals surface area contributed by atoms with E-state index in [2.05, 4.69) is 12.2 Å². The van der Waals surface area contributed by atoms with E-state index in [0.29, 0.717) is 18.9 Å². The van der Waals surface area contributed by atoms with E-state index in [1.165, 1.54) is 0 Å². The lowest BCUT2D eigenvalue weighted by atomic mass is 10.0. The number of nitrogens with two attached hydrogens (primary N) is 1. The first kappa shape index (κ1) is 17.1. The quantitative estimate of drug-likeness (QED) is 0.804. The summed E-state index contributed by atoms with van der Waals surface area (Å²) in [6, 6.07) is 7.92. The third-order valence-corrected chi connectivity index (χ3v) is 3.72. The number of benzene rings is 1. The average Bonchev–Trinajstić information content (AvgIpc) is 2.52. The smallest absolute Gasteiger partial charge is 0.253 e. The number of aryl methyl sites for hydroxylation is 2. The van der Waals surface area contributed by atoms with Crippen LogP contribution in [0.2, 0.25) is 0 Å². The monoisotopic (exact) mass is 315 g/mol. The van der Waals surface area contributed by atoms with Crippen molar-refractivity contribution in [2.75, 3.05) is 24.3 Å². The summed E-state index contributed by atoms with van der Waals surface area (Å²) in [6.07, 6.45) is 1.84. The van der Waals surface area contributed by atoms with Crippen LogP contribution >= 0.6 is 0 Å². The van der Waals surface area contributed by atoms with Crippen molar-refractivity contribution in [3.8, 4) is 11.1 Å². The second-order valence-electron chi connectivity index (χ2n) is 5.83. The zero-order valence-electron chi connectivity index (χ0n) is 14.2. The van der Waals surface area contributed by atoms with E-state index in [1.54, 1.807) is 11.6 Å². The Labute approximate surface area is 137 Å². The van der Waals surface area contributed by atoms with Crippen molar-refractivity contribution in [1.82, 2.24) is 4.57 Å². The molecule has 0 aliphatic heterocycles. The topological polar surface area (TPSA) is 69.3 Å². The molecule has 0 bridgehead atoms. The maximum atomic E-state index is 11.8. The molecule has 2 aromatic rings. The first-order chi connectivity index (χ1) is 10.9. The van der Waals surface area contributed by atoms with Crippen LogP contribution in [0.4, 0.5) is 11.4 Å².